The fraction of sp³-hybridized carbons (Fsp3) is 0.333. The highest BCUT2D eigenvalue weighted by molar-refractivity contribution is 5.92. The number of carboxylic acid groups (broad SMARTS) is 2. The van der Waals surface area contributed by atoms with Crippen LogP contribution in [0.3, 0.4) is 0 Å². The quantitative estimate of drug-likeness (QED) is 0.575. The molecule has 9 heteroatoms. The fourth-order valence-corrected chi connectivity index (χ4v) is 1.43. The number of pyridine rings is 1. The Labute approximate surface area is 119 Å². The second-order valence-electron chi connectivity index (χ2n) is 4.01. The predicted molar refractivity (Wildman–Crippen MR) is 71.2 cm³/mol. The van der Waals surface area contributed by atoms with E-state index in [-0.39, 0.29) is 12.8 Å². The number of hydrogen-bond donors (Lipinski definition) is 4. The van der Waals surface area contributed by atoms with Gasteiger partial charge in [-0.15, -0.1) is 0 Å². The van der Waals surface area contributed by atoms with Crippen molar-refractivity contribution in [1.82, 2.24) is 10.3 Å². The summed E-state index contributed by atoms with van der Waals surface area (Å²) in [7, 11) is 1.45. The van der Waals surface area contributed by atoms with Gasteiger partial charge in [0.1, 0.15) is 6.04 Å². The molecule has 1 aromatic heterocycles. The molecule has 1 heterocycles. The first kappa shape index (κ1) is 16.2. The molecule has 1 atom stereocenters. The molecule has 9 nitrogen and oxygen atoms in total. The molecule has 0 aliphatic rings. The average Bonchev–Trinajstić information content (AvgIpc) is 2.43. The third-order valence-corrected chi connectivity index (χ3v) is 2.45. The fourth-order valence-electron chi connectivity index (χ4n) is 1.43. The molecule has 4 N–H and O–H groups in total. The lowest BCUT2D eigenvalue weighted by atomic mass is 10.1. The second kappa shape index (κ2) is 7.68. The summed E-state index contributed by atoms with van der Waals surface area (Å²) in [5.41, 5.74) is 0.343. The molecule has 0 radical (unpaired) electrons. The van der Waals surface area contributed by atoms with Crippen LogP contribution in [0, 0.1) is 0 Å². The van der Waals surface area contributed by atoms with Crippen molar-refractivity contribution in [2.45, 2.75) is 18.9 Å². The number of carbonyl (C=O) groups excluding carboxylic acids is 1. The zero-order chi connectivity index (χ0) is 15.8. The van der Waals surface area contributed by atoms with E-state index in [0.29, 0.717) is 11.6 Å². The van der Waals surface area contributed by atoms with Crippen LogP contribution in [-0.2, 0) is 9.59 Å². The molecule has 0 saturated carbocycles. The molecular formula is C12H15N3O6. The van der Waals surface area contributed by atoms with Crippen molar-refractivity contribution in [3.05, 3.63) is 18.3 Å². The standard InChI is InChI=1S/C12H15N3O6/c1-21-9-4-2-7(6-13-9)14-12(20)15-8(11(18)19)3-5-10(16)17/h2,4,6,8H,3,5H2,1H3,(H,16,17)(H,18,19)(H2,14,15,20)/t8-/m0/s1. The molecule has 114 valence electrons. The Kier molecular flexibility index (Phi) is 5.93. The van der Waals surface area contributed by atoms with E-state index in [0.717, 1.165) is 0 Å². The van der Waals surface area contributed by atoms with Crippen LogP contribution in [0.25, 0.3) is 0 Å². The van der Waals surface area contributed by atoms with Crippen molar-refractivity contribution in [1.29, 1.82) is 0 Å². The summed E-state index contributed by atoms with van der Waals surface area (Å²) < 4.78 is 4.85. The van der Waals surface area contributed by atoms with Crippen molar-refractivity contribution in [2.75, 3.05) is 12.4 Å². The highest BCUT2D eigenvalue weighted by atomic mass is 16.5. The molecule has 0 unspecified atom stereocenters. The highest BCUT2D eigenvalue weighted by Crippen LogP contribution is 2.10. The second-order valence-corrected chi connectivity index (χ2v) is 4.01. The summed E-state index contributed by atoms with van der Waals surface area (Å²) in [4.78, 5) is 36.8. The Balaban J connectivity index is 2.56. The zero-order valence-electron chi connectivity index (χ0n) is 11.2. The zero-order valence-corrected chi connectivity index (χ0v) is 11.2. The molecule has 0 fully saturated rings. The van der Waals surface area contributed by atoms with Crippen LogP contribution in [0.2, 0.25) is 0 Å². The van der Waals surface area contributed by atoms with Crippen LogP contribution >= 0.6 is 0 Å². The van der Waals surface area contributed by atoms with Crippen molar-refractivity contribution in [3.8, 4) is 5.88 Å². The maximum atomic E-state index is 11.6. The summed E-state index contributed by atoms with van der Waals surface area (Å²) in [6.07, 6.45) is 0.770. The number of aromatic nitrogens is 1. The maximum absolute atomic E-state index is 11.6. The average molecular weight is 297 g/mol. The lowest BCUT2D eigenvalue weighted by Crippen LogP contribution is -2.43. The Bertz CT molecular complexity index is 516. The van der Waals surface area contributed by atoms with Crippen molar-refractivity contribution in [3.63, 3.8) is 0 Å². The van der Waals surface area contributed by atoms with E-state index in [4.69, 9.17) is 14.9 Å². The van der Waals surface area contributed by atoms with Crippen LogP contribution in [0.5, 0.6) is 5.88 Å². The SMILES string of the molecule is COc1ccc(NC(=O)N[C@@H](CCC(=O)O)C(=O)O)cn1. The van der Waals surface area contributed by atoms with E-state index in [1.807, 2.05) is 0 Å². The van der Waals surface area contributed by atoms with Gasteiger partial charge in [0.15, 0.2) is 0 Å². The molecule has 0 aromatic carbocycles. The van der Waals surface area contributed by atoms with Gasteiger partial charge >= 0.3 is 18.0 Å². The predicted octanol–water partition coefficient (Wildman–Crippen LogP) is 0.530. The number of nitrogens with one attached hydrogen (secondary N) is 2. The minimum Gasteiger partial charge on any atom is -0.481 e. The Morgan fingerprint density at radius 2 is 2.05 bits per heavy atom. The molecular weight excluding hydrogens is 282 g/mol. The highest BCUT2D eigenvalue weighted by Gasteiger charge is 2.20. The Morgan fingerprint density at radius 3 is 2.52 bits per heavy atom. The Hall–Kier alpha value is -2.84. The van der Waals surface area contributed by atoms with Crippen LogP contribution in [0.15, 0.2) is 18.3 Å². The normalized spacial score (nSPS) is 11.3. The lowest BCUT2D eigenvalue weighted by Gasteiger charge is -2.14. The summed E-state index contributed by atoms with van der Waals surface area (Å²) in [5, 5.41) is 22.0. The van der Waals surface area contributed by atoms with E-state index in [1.165, 1.54) is 25.4 Å². The van der Waals surface area contributed by atoms with Gasteiger partial charge < -0.3 is 25.6 Å². The van der Waals surface area contributed by atoms with E-state index in [2.05, 4.69) is 15.6 Å². The number of nitrogens with zero attached hydrogens (tertiary/aromatic N) is 1. The summed E-state index contributed by atoms with van der Waals surface area (Å²) in [6.45, 7) is 0. The molecule has 21 heavy (non-hydrogen) atoms. The summed E-state index contributed by atoms with van der Waals surface area (Å²) >= 11 is 0. The minimum atomic E-state index is -1.31. The molecule has 0 spiro atoms. The number of amides is 2. The molecule has 0 aliphatic heterocycles. The van der Waals surface area contributed by atoms with Crippen molar-refractivity contribution in [2.24, 2.45) is 0 Å². The van der Waals surface area contributed by atoms with Gasteiger partial charge in [-0.2, -0.15) is 0 Å². The van der Waals surface area contributed by atoms with E-state index in [9.17, 15) is 14.4 Å². The topological polar surface area (TPSA) is 138 Å². The number of urea groups is 1. The first-order valence-electron chi connectivity index (χ1n) is 5.94. The number of ether oxygens (including phenoxy) is 1. The summed E-state index contributed by atoms with van der Waals surface area (Å²) in [6, 6.07) is 1.000. The molecule has 0 aliphatic carbocycles. The van der Waals surface area contributed by atoms with Gasteiger partial charge in [-0.05, 0) is 12.5 Å². The molecule has 2 amide bonds. The van der Waals surface area contributed by atoms with E-state index >= 15 is 0 Å². The third kappa shape index (κ3) is 5.76. The van der Waals surface area contributed by atoms with Gasteiger partial charge in [-0.1, -0.05) is 0 Å². The smallest absolute Gasteiger partial charge is 0.326 e. The number of hydrogen-bond acceptors (Lipinski definition) is 5. The number of carboxylic acids is 2. The third-order valence-electron chi connectivity index (χ3n) is 2.45. The van der Waals surface area contributed by atoms with Gasteiger partial charge in [-0.3, -0.25) is 4.79 Å². The number of rotatable bonds is 7. The van der Waals surface area contributed by atoms with Gasteiger partial charge in [0.2, 0.25) is 5.88 Å². The van der Waals surface area contributed by atoms with Crippen LogP contribution < -0.4 is 15.4 Å². The van der Waals surface area contributed by atoms with Gasteiger partial charge in [0.25, 0.3) is 0 Å². The van der Waals surface area contributed by atoms with Crippen LogP contribution in [-0.4, -0.2) is 46.3 Å². The van der Waals surface area contributed by atoms with Gasteiger partial charge in [-0.25, -0.2) is 14.6 Å². The van der Waals surface area contributed by atoms with Crippen LogP contribution in [0.1, 0.15) is 12.8 Å². The number of carbonyl (C=O) groups is 3. The monoisotopic (exact) mass is 297 g/mol. The molecule has 1 aromatic rings. The molecule has 1 rings (SSSR count). The lowest BCUT2D eigenvalue weighted by molar-refractivity contribution is -0.140. The van der Waals surface area contributed by atoms with Crippen LogP contribution in [0.4, 0.5) is 10.5 Å². The number of anilines is 1. The minimum absolute atomic E-state index is 0.209. The first-order chi connectivity index (χ1) is 9.92. The van der Waals surface area contributed by atoms with Gasteiger partial charge in [0, 0.05) is 12.5 Å². The number of methoxy groups -OCH3 is 1. The maximum Gasteiger partial charge on any atom is 0.326 e. The van der Waals surface area contributed by atoms with E-state index < -0.39 is 24.0 Å². The first-order valence-corrected chi connectivity index (χ1v) is 5.94. The Morgan fingerprint density at radius 1 is 1.33 bits per heavy atom. The summed E-state index contributed by atoms with van der Waals surface area (Å²) in [5.74, 6) is -2.08. The van der Waals surface area contributed by atoms with E-state index in [1.54, 1.807) is 0 Å². The molecule has 0 saturated heterocycles. The molecule has 0 bridgehead atoms. The van der Waals surface area contributed by atoms with Crippen molar-refractivity contribution < 1.29 is 29.3 Å². The van der Waals surface area contributed by atoms with Crippen molar-refractivity contribution >= 4 is 23.7 Å². The number of aliphatic carboxylic acids is 2. The largest absolute Gasteiger partial charge is 0.481 e. The van der Waals surface area contributed by atoms with Gasteiger partial charge in [0.05, 0.1) is 19.0 Å².